The Balaban J connectivity index is 5.27. The van der Waals surface area contributed by atoms with Gasteiger partial charge >= 0.3 is 5.97 Å². The van der Waals surface area contributed by atoms with Crippen molar-refractivity contribution in [1.29, 1.82) is 0 Å². The second kappa shape index (κ2) is 5.27. The van der Waals surface area contributed by atoms with E-state index in [4.69, 9.17) is 14.2 Å². The molecule has 0 aliphatic carbocycles. The van der Waals surface area contributed by atoms with Crippen LogP contribution in [0.5, 0.6) is 0 Å². The Morgan fingerprint density at radius 1 is 0.611 bits per heavy atom. The molecular formula is C14H28O4. The largest absolute Gasteiger partial charge is 0.345 e. The molecule has 0 unspecified atom stereocenters. The topological polar surface area (TPSA) is 44.8 Å². The van der Waals surface area contributed by atoms with Crippen molar-refractivity contribution in [2.75, 3.05) is 0 Å². The molecule has 0 atom stereocenters. The van der Waals surface area contributed by atoms with Gasteiger partial charge in [-0.25, -0.2) is 0 Å². The zero-order valence-electron chi connectivity index (χ0n) is 13.2. The monoisotopic (exact) mass is 260 g/mol. The van der Waals surface area contributed by atoms with Crippen molar-refractivity contribution in [1.82, 2.24) is 0 Å². The second-order valence-corrected chi connectivity index (χ2v) is 7.36. The lowest BCUT2D eigenvalue weighted by atomic mass is 10.1. The smallest absolute Gasteiger partial charge is 0.316 e. The van der Waals surface area contributed by atoms with Crippen molar-refractivity contribution in [3.05, 3.63) is 0 Å². The van der Waals surface area contributed by atoms with Crippen LogP contribution in [0.1, 0.15) is 62.3 Å². The fourth-order valence-corrected chi connectivity index (χ4v) is 1.41. The van der Waals surface area contributed by atoms with E-state index in [0.717, 1.165) is 0 Å². The summed E-state index contributed by atoms with van der Waals surface area (Å²) >= 11 is 0. The van der Waals surface area contributed by atoms with Gasteiger partial charge in [0.05, 0.1) is 16.8 Å². The molecule has 0 heterocycles. The Morgan fingerprint density at radius 3 is 0.944 bits per heavy atom. The third kappa shape index (κ3) is 7.80. The van der Waals surface area contributed by atoms with Crippen LogP contribution in [0.4, 0.5) is 0 Å². The second-order valence-electron chi connectivity index (χ2n) is 7.36. The van der Waals surface area contributed by atoms with Crippen LogP contribution < -0.4 is 0 Å². The molecule has 108 valence electrons. The molecule has 4 heteroatoms. The Bertz CT molecular complexity index is 235. The van der Waals surface area contributed by atoms with Gasteiger partial charge in [-0.1, -0.05) is 0 Å². The lowest BCUT2D eigenvalue weighted by molar-refractivity contribution is -0.415. The van der Waals surface area contributed by atoms with E-state index in [1.165, 1.54) is 0 Å². The van der Waals surface area contributed by atoms with Gasteiger partial charge < -0.3 is 14.2 Å². The molecule has 0 saturated carbocycles. The summed E-state index contributed by atoms with van der Waals surface area (Å²) in [5.41, 5.74) is -1.67. The van der Waals surface area contributed by atoms with Crippen LogP contribution in [0, 0.1) is 0 Å². The summed E-state index contributed by atoms with van der Waals surface area (Å²) < 4.78 is 17.1. The standard InChI is InChI=1S/C14H28O4/c1-11(2,3)16-14(10-15,17-12(4,5)6)18-13(7,8)9/h10H,1-9H3. The van der Waals surface area contributed by atoms with Gasteiger partial charge in [0.2, 0.25) is 6.29 Å². The van der Waals surface area contributed by atoms with E-state index in [1.807, 2.05) is 62.3 Å². The number of rotatable bonds is 4. The van der Waals surface area contributed by atoms with Gasteiger partial charge in [-0.3, -0.25) is 4.79 Å². The lowest BCUT2D eigenvalue weighted by Crippen LogP contribution is -2.53. The minimum absolute atomic E-state index is 0.558. The molecule has 0 saturated heterocycles. The van der Waals surface area contributed by atoms with E-state index in [9.17, 15) is 4.79 Å². The van der Waals surface area contributed by atoms with Crippen molar-refractivity contribution < 1.29 is 19.0 Å². The maximum Gasteiger partial charge on any atom is 0.345 e. The molecule has 0 spiro atoms. The van der Waals surface area contributed by atoms with Gasteiger partial charge in [-0.15, -0.1) is 0 Å². The highest BCUT2D eigenvalue weighted by Crippen LogP contribution is 2.30. The van der Waals surface area contributed by atoms with Crippen molar-refractivity contribution in [3.8, 4) is 0 Å². The lowest BCUT2D eigenvalue weighted by Gasteiger charge is -2.41. The minimum atomic E-state index is -1.69. The zero-order chi connectivity index (χ0) is 14.8. The summed E-state index contributed by atoms with van der Waals surface area (Å²) in [6, 6.07) is 0. The molecule has 4 nitrogen and oxygen atoms in total. The van der Waals surface area contributed by atoms with Gasteiger partial charge in [-0.2, -0.15) is 0 Å². The molecular weight excluding hydrogens is 232 g/mol. The summed E-state index contributed by atoms with van der Waals surface area (Å²) in [6.45, 7) is 16.7. The quantitative estimate of drug-likeness (QED) is 0.575. The van der Waals surface area contributed by atoms with Crippen molar-refractivity contribution in [3.63, 3.8) is 0 Å². The molecule has 0 rings (SSSR count). The summed E-state index contributed by atoms with van der Waals surface area (Å²) in [7, 11) is 0. The molecule has 0 radical (unpaired) electrons. The summed E-state index contributed by atoms with van der Waals surface area (Å²) in [5, 5.41) is 0. The number of hydrogen-bond acceptors (Lipinski definition) is 4. The Morgan fingerprint density at radius 2 is 0.833 bits per heavy atom. The minimum Gasteiger partial charge on any atom is -0.316 e. The van der Waals surface area contributed by atoms with Gasteiger partial charge in [0.1, 0.15) is 0 Å². The van der Waals surface area contributed by atoms with Crippen molar-refractivity contribution in [2.24, 2.45) is 0 Å². The first-order valence-electron chi connectivity index (χ1n) is 6.25. The molecule has 0 aliphatic rings. The van der Waals surface area contributed by atoms with Crippen molar-refractivity contribution >= 4 is 6.29 Å². The van der Waals surface area contributed by atoms with E-state index in [1.54, 1.807) is 0 Å². The van der Waals surface area contributed by atoms with Crippen LogP contribution in [0.15, 0.2) is 0 Å². The first kappa shape index (κ1) is 17.6. The van der Waals surface area contributed by atoms with Crippen LogP contribution >= 0.6 is 0 Å². The van der Waals surface area contributed by atoms with E-state index < -0.39 is 22.8 Å². The van der Waals surface area contributed by atoms with Gasteiger partial charge in [0, 0.05) is 0 Å². The van der Waals surface area contributed by atoms with E-state index >= 15 is 0 Å². The number of carbonyl (C=O) groups is 1. The molecule has 0 aliphatic heterocycles. The van der Waals surface area contributed by atoms with E-state index in [2.05, 4.69) is 0 Å². The number of carbonyl (C=O) groups excluding carboxylic acids is 1. The number of ether oxygens (including phenoxy) is 3. The highest BCUT2D eigenvalue weighted by Gasteiger charge is 2.44. The third-order valence-corrected chi connectivity index (χ3v) is 1.49. The predicted molar refractivity (Wildman–Crippen MR) is 71.3 cm³/mol. The number of aldehydes is 1. The summed E-state index contributed by atoms with van der Waals surface area (Å²) in [5.74, 6) is -1.69. The average Bonchev–Trinajstić information content (AvgIpc) is 1.93. The molecule has 0 aromatic rings. The number of hydrogen-bond donors (Lipinski definition) is 0. The van der Waals surface area contributed by atoms with E-state index in [0.29, 0.717) is 6.29 Å². The van der Waals surface area contributed by atoms with Gasteiger partial charge in [0.25, 0.3) is 0 Å². The van der Waals surface area contributed by atoms with Gasteiger partial charge in [0.15, 0.2) is 0 Å². The fraction of sp³-hybridized carbons (Fsp3) is 0.929. The molecule has 0 aromatic heterocycles. The third-order valence-electron chi connectivity index (χ3n) is 1.49. The SMILES string of the molecule is CC(C)(C)OC(C=O)(OC(C)(C)C)OC(C)(C)C. The van der Waals surface area contributed by atoms with Crippen LogP contribution in [0.2, 0.25) is 0 Å². The zero-order valence-corrected chi connectivity index (χ0v) is 13.2. The van der Waals surface area contributed by atoms with Crippen LogP contribution in [-0.2, 0) is 19.0 Å². The van der Waals surface area contributed by atoms with Crippen LogP contribution in [0.3, 0.4) is 0 Å². The Labute approximate surface area is 111 Å². The van der Waals surface area contributed by atoms with Crippen LogP contribution in [0.25, 0.3) is 0 Å². The molecule has 0 bridgehead atoms. The molecule has 0 fully saturated rings. The Hall–Kier alpha value is -0.450. The fourth-order valence-electron chi connectivity index (χ4n) is 1.41. The highest BCUT2D eigenvalue weighted by molar-refractivity contribution is 5.58. The Kier molecular flexibility index (Phi) is 5.14. The summed E-state index contributed by atoms with van der Waals surface area (Å²) in [6.07, 6.45) is 0.578. The molecule has 18 heavy (non-hydrogen) atoms. The van der Waals surface area contributed by atoms with Gasteiger partial charge in [-0.05, 0) is 62.3 Å². The maximum atomic E-state index is 11.5. The first-order valence-corrected chi connectivity index (χ1v) is 6.25. The highest BCUT2D eigenvalue weighted by atomic mass is 16.9. The summed E-state index contributed by atoms with van der Waals surface area (Å²) in [4.78, 5) is 11.5. The normalized spacial score (nSPS) is 14.7. The average molecular weight is 260 g/mol. The molecule has 0 N–H and O–H groups in total. The van der Waals surface area contributed by atoms with E-state index in [-0.39, 0.29) is 0 Å². The predicted octanol–water partition coefficient (Wildman–Crippen LogP) is 3.28. The molecule has 0 aromatic carbocycles. The first-order chi connectivity index (χ1) is 7.68. The van der Waals surface area contributed by atoms with Crippen LogP contribution in [-0.4, -0.2) is 29.1 Å². The van der Waals surface area contributed by atoms with Crippen molar-refractivity contribution in [2.45, 2.75) is 85.1 Å². The maximum absolute atomic E-state index is 11.5. The molecule has 0 amide bonds.